The third kappa shape index (κ3) is 4.57. The second-order valence-corrected chi connectivity index (χ2v) is 7.42. The van der Waals surface area contributed by atoms with Crippen molar-refractivity contribution in [2.45, 2.75) is 39.7 Å². The molecule has 0 saturated heterocycles. The van der Waals surface area contributed by atoms with Gasteiger partial charge in [0.2, 0.25) is 5.95 Å². The summed E-state index contributed by atoms with van der Waals surface area (Å²) >= 11 is 0. The zero-order valence-electron chi connectivity index (χ0n) is 15.7. The topological polar surface area (TPSA) is 62.7 Å². The average molecular weight is 347 g/mol. The molecule has 0 spiro atoms. The molecule has 3 aromatic rings. The average Bonchev–Trinajstić information content (AvgIpc) is 2.61. The van der Waals surface area contributed by atoms with E-state index < -0.39 is 0 Å². The first-order chi connectivity index (χ1) is 12.4. The van der Waals surface area contributed by atoms with Gasteiger partial charge in [-0.25, -0.2) is 0 Å². The van der Waals surface area contributed by atoms with E-state index in [-0.39, 0.29) is 5.41 Å². The summed E-state index contributed by atoms with van der Waals surface area (Å²) in [5.74, 6) is 1.17. The number of aryl methyl sites for hydroxylation is 1. The van der Waals surface area contributed by atoms with Crippen molar-refractivity contribution in [3.63, 3.8) is 0 Å². The molecule has 134 valence electrons. The lowest BCUT2D eigenvalue weighted by Gasteiger charge is -2.23. The van der Waals surface area contributed by atoms with Crippen LogP contribution >= 0.6 is 0 Å². The molecule has 5 heteroatoms. The molecule has 1 aromatic heterocycles. The van der Waals surface area contributed by atoms with E-state index in [4.69, 9.17) is 0 Å². The summed E-state index contributed by atoms with van der Waals surface area (Å²) in [6, 6.07) is 16.6. The summed E-state index contributed by atoms with van der Waals surface area (Å²) in [6.45, 7) is 9.32. The SMILES string of the molecule is Cc1ccc(CNc2nncc(Nc3ccccc3C(C)(C)C)n2)cc1. The molecule has 5 nitrogen and oxygen atoms in total. The van der Waals surface area contributed by atoms with Gasteiger partial charge in [0.1, 0.15) is 0 Å². The Balaban J connectivity index is 1.73. The normalized spacial score (nSPS) is 11.2. The number of rotatable bonds is 5. The fourth-order valence-corrected chi connectivity index (χ4v) is 2.71. The lowest BCUT2D eigenvalue weighted by Crippen LogP contribution is -2.14. The number of benzene rings is 2. The van der Waals surface area contributed by atoms with Gasteiger partial charge in [-0.3, -0.25) is 0 Å². The fourth-order valence-electron chi connectivity index (χ4n) is 2.71. The van der Waals surface area contributed by atoms with E-state index >= 15 is 0 Å². The van der Waals surface area contributed by atoms with Gasteiger partial charge in [0.25, 0.3) is 0 Å². The first-order valence-corrected chi connectivity index (χ1v) is 8.77. The summed E-state index contributed by atoms with van der Waals surface area (Å²) in [6.07, 6.45) is 1.64. The van der Waals surface area contributed by atoms with Gasteiger partial charge in [-0.15, -0.1) is 5.10 Å². The molecule has 0 radical (unpaired) electrons. The highest BCUT2D eigenvalue weighted by Crippen LogP contribution is 2.30. The van der Waals surface area contributed by atoms with Gasteiger partial charge in [-0.1, -0.05) is 68.8 Å². The predicted molar refractivity (Wildman–Crippen MR) is 107 cm³/mol. The van der Waals surface area contributed by atoms with E-state index in [0.717, 1.165) is 5.69 Å². The van der Waals surface area contributed by atoms with Crippen LogP contribution in [0.5, 0.6) is 0 Å². The smallest absolute Gasteiger partial charge is 0.244 e. The first kappa shape index (κ1) is 17.9. The number of anilines is 3. The Labute approximate surface area is 154 Å². The van der Waals surface area contributed by atoms with Crippen molar-refractivity contribution in [1.29, 1.82) is 0 Å². The molecule has 0 fully saturated rings. The van der Waals surface area contributed by atoms with Crippen molar-refractivity contribution in [2.24, 2.45) is 0 Å². The number of nitrogens with zero attached hydrogens (tertiary/aromatic N) is 3. The van der Waals surface area contributed by atoms with Crippen LogP contribution in [-0.2, 0) is 12.0 Å². The molecule has 26 heavy (non-hydrogen) atoms. The van der Waals surface area contributed by atoms with Gasteiger partial charge in [0, 0.05) is 12.2 Å². The molecule has 3 rings (SSSR count). The van der Waals surface area contributed by atoms with Crippen molar-refractivity contribution in [2.75, 3.05) is 10.6 Å². The van der Waals surface area contributed by atoms with E-state index in [1.165, 1.54) is 16.7 Å². The lowest BCUT2D eigenvalue weighted by molar-refractivity contribution is 0.592. The molecule has 0 atom stereocenters. The van der Waals surface area contributed by atoms with Crippen LogP contribution in [0, 0.1) is 6.92 Å². The Hall–Kier alpha value is -2.95. The van der Waals surface area contributed by atoms with Crippen LogP contribution in [0.15, 0.2) is 54.7 Å². The minimum atomic E-state index is 0.0383. The van der Waals surface area contributed by atoms with Gasteiger partial charge < -0.3 is 10.6 Å². The molecule has 0 aliphatic carbocycles. The number of hydrogen-bond donors (Lipinski definition) is 2. The summed E-state index contributed by atoms with van der Waals surface area (Å²) in [5.41, 5.74) is 4.72. The number of hydrogen-bond acceptors (Lipinski definition) is 5. The van der Waals surface area contributed by atoms with E-state index in [1.807, 2.05) is 6.07 Å². The molecule has 0 aliphatic heterocycles. The highest BCUT2D eigenvalue weighted by molar-refractivity contribution is 5.62. The second-order valence-electron chi connectivity index (χ2n) is 7.42. The van der Waals surface area contributed by atoms with Gasteiger partial charge in [-0.05, 0) is 29.5 Å². The number of para-hydroxylation sites is 1. The summed E-state index contributed by atoms with van der Waals surface area (Å²) in [4.78, 5) is 4.53. The van der Waals surface area contributed by atoms with Crippen molar-refractivity contribution < 1.29 is 0 Å². The zero-order chi connectivity index (χ0) is 18.6. The zero-order valence-corrected chi connectivity index (χ0v) is 15.7. The maximum absolute atomic E-state index is 4.53. The van der Waals surface area contributed by atoms with Gasteiger partial charge in [0.05, 0.1) is 6.20 Å². The summed E-state index contributed by atoms with van der Waals surface area (Å²) in [7, 11) is 0. The third-order valence-corrected chi connectivity index (χ3v) is 4.13. The molecule has 0 amide bonds. The molecule has 0 unspecified atom stereocenters. The van der Waals surface area contributed by atoms with E-state index in [2.05, 4.69) is 96.0 Å². The standard InChI is InChI=1S/C21H25N5/c1-15-9-11-16(12-10-15)13-22-20-25-19(14-23-26-20)24-18-8-6-5-7-17(18)21(2,3)4/h5-12,14H,13H2,1-4H3,(H2,22,24,25,26). The Bertz CT molecular complexity index is 866. The monoisotopic (exact) mass is 347 g/mol. The van der Waals surface area contributed by atoms with Crippen LogP contribution in [0.25, 0.3) is 0 Å². The second kappa shape index (κ2) is 7.52. The molecule has 0 bridgehead atoms. The van der Waals surface area contributed by atoms with E-state index in [0.29, 0.717) is 18.3 Å². The van der Waals surface area contributed by atoms with Crippen LogP contribution in [0.1, 0.15) is 37.5 Å². The minimum Gasteiger partial charge on any atom is -0.349 e. The number of nitrogens with one attached hydrogen (secondary N) is 2. The molecular formula is C21H25N5. The Kier molecular flexibility index (Phi) is 5.16. The molecule has 1 heterocycles. The predicted octanol–water partition coefficient (Wildman–Crippen LogP) is 4.83. The quantitative estimate of drug-likeness (QED) is 0.692. The van der Waals surface area contributed by atoms with Crippen molar-refractivity contribution in [3.8, 4) is 0 Å². The number of aromatic nitrogens is 3. The van der Waals surface area contributed by atoms with Crippen LogP contribution in [0.4, 0.5) is 17.5 Å². The van der Waals surface area contributed by atoms with E-state index in [9.17, 15) is 0 Å². The lowest BCUT2D eigenvalue weighted by atomic mass is 9.86. The molecule has 2 N–H and O–H groups in total. The maximum atomic E-state index is 4.53. The first-order valence-electron chi connectivity index (χ1n) is 8.77. The van der Waals surface area contributed by atoms with Crippen LogP contribution in [0.2, 0.25) is 0 Å². The highest BCUT2D eigenvalue weighted by atomic mass is 15.3. The van der Waals surface area contributed by atoms with Gasteiger partial charge in [0.15, 0.2) is 5.82 Å². The highest BCUT2D eigenvalue weighted by Gasteiger charge is 2.17. The van der Waals surface area contributed by atoms with Gasteiger partial charge in [-0.2, -0.15) is 10.1 Å². The van der Waals surface area contributed by atoms with Crippen LogP contribution in [-0.4, -0.2) is 15.2 Å². The van der Waals surface area contributed by atoms with Crippen molar-refractivity contribution in [3.05, 3.63) is 71.4 Å². The van der Waals surface area contributed by atoms with Crippen LogP contribution < -0.4 is 10.6 Å². The molecule has 2 aromatic carbocycles. The van der Waals surface area contributed by atoms with Gasteiger partial charge >= 0.3 is 0 Å². The van der Waals surface area contributed by atoms with Crippen molar-refractivity contribution in [1.82, 2.24) is 15.2 Å². The maximum Gasteiger partial charge on any atom is 0.244 e. The Morgan fingerprint density at radius 3 is 2.42 bits per heavy atom. The van der Waals surface area contributed by atoms with Crippen LogP contribution in [0.3, 0.4) is 0 Å². The molecule has 0 aliphatic rings. The fraction of sp³-hybridized carbons (Fsp3) is 0.286. The minimum absolute atomic E-state index is 0.0383. The van der Waals surface area contributed by atoms with E-state index in [1.54, 1.807) is 6.20 Å². The Morgan fingerprint density at radius 1 is 0.962 bits per heavy atom. The summed E-state index contributed by atoms with van der Waals surface area (Å²) < 4.78 is 0. The molecular weight excluding hydrogens is 322 g/mol. The largest absolute Gasteiger partial charge is 0.349 e. The Morgan fingerprint density at radius 2 is 1.69 bits per heavy atom. The summed E-state index contributed by atoms with van der Waals surface area (Å²) in [5, 5.41) is 14.7. The third-order valence-electron chi connectivity index (χ3n) is 4.13. The van der Waals surface area contributed by atoms with Crippen molar-refractivity contribution >= 4 is 17.5 Å². The molecule has 0 saturated carbocycles.